The van der Waals surface area contributed by atoms with Gasteiger partial charge in [-0.05, 0) is 92.5 Å². The SMILES string of the molecule is CC(C)OC(=O)N1CCCC(N(Cc2cc(C(F)(F)F)cc(C(F)(F)F)c2)C(=N)N=N)c2cc3c(cc21)CCC3. The molecule has 1 unspecified atom stereocenters. The van der Waals surface area contributed by atoms with E-state index in [1.54, 1.807) is 13.8 Å². The second-order valence-corrected chi connectivity index (χ2v) is 10.3. The highest BCUT2D eigenvalue weighted by atomic mass is 19.4. The third-order valence-electron chi connectivity index (χ3n) is 7.06. The van der Waals surface area contributed by atoms with Crippen LogP contribution in [-0.4, -0.2) is 29.6 Å². The summed E-state index contributed by atoms with van der Waals surface area (Å²) in [5.41, 5.74) is 7.36. The van der Waals surface area contributed by atoms with Crippen LogP contribution >= 0.6 is 0 Å². The molecule has 0 spiro atoms. The zero-order chi connectivity index (χ0) is 29.4. The van der Waals surface area contributed by atoms with E-state index in [4.69, 9.17) is 15.7 Å². The van der Waals surface area contributed by atoms with Crippen LogP contribution in [0, 0.1) is 10.9 Å². The van der Waals surface area contributed by atoms with Gasteiger partial charge in [-0.2, -0.15) is 26.3 Å². The Morgan fingerprint density at radius 2 is 1.62 bits per heavy atom. The molecule has 1 aliphatic carbocycles. The molecule has 2 N–H and O–H groups in total. The summed E-state index contributed by atoms with van der Waals surface area (Å²) in [6.07, 6.45) is -7.85. The number of amides is 1. The maximum atomic E-state index is 13.5. The normalized spacial score (nSPS) is 17.2. The smallest absolute Gasteiger partial charge is 0.416 e. The van der Waals surface area contributed by atoms with Gasteiger partial charge in [0.15, 0.2) is 0 Å². The third kappa shape index (κ3) is 6.23. The van der Waals surface area contributed by atoms with Crippen LogP contribution in [0.4, 0.5) is 36.8 Å². The van der Waals surface area contributed by atoms with Gasteiger partial charge >= 0.3 is 18.4 Å². The van der Waals surface area contributed by atoms with Crippen LogP contribution in [0.25, 0.3) is 0 Å². The van der Waals surface area contributed by atoms with Crippen molar-refractivity contribution in [1.29, 1.82) is 10.9 Å². The Hall–Kier alpha value is -3.64. The Morgan fingerprint density at radius 3 is 2.17 bits per heavy atom. The van der Waals surface area contributed by atoms with Crippen LogP contribution in [0.1, 0.15) is 72.5 Å². The molecular weight excluding hydrogens is 540 g/mol. The van der Waals surface area contributed by atoms with E-state index in [0.717, 1.165) is 30.4 Å². The first-order valence-corrected chi connectivity index (χ1v) is 12.8. The number of ether oxygens (including phenoxy) is 1. The number of hydrogen-bond acceptors (Lipinski definition) is 4. The molecule has 40 heavy (non-hydrogen) atoms. The number of halogens is 6. The van der Waals surface area contributed by atoms with Crippen LogP contribution < -0.4 is 4.90 Å². The summed E-state index contributed by atoms with van der Waals surface area (Å²) in [4.78, 5) is 15.7. The number of carbonyl (C=O) groups excluding carboxylic acids is 1. The average molecular weight is 570 g/mol. The Morgan fingerprint density at radius 1 is 1.02 bits per heavy atom. The molecular formula is C27H29F6N5O2. The van der Waals surface area contributed by atoms with Crippen LogP contribution in [-0.2, 0) is 36.5 Å². The van der Waals surface area contributed by atoms with E-state index >= 15 is 0 Å². The van der Waals surface area contributed by atoms with E-state index in [1.807, 2.05) is 12.1 Å². The van der Waals surface area contributed by atoms with Gasteiger partial charge in [0.25, 0.3) is 0 Å². The summed E-state index contributed by atoms with van der Waals surface area (Å²) in [5.74, 6) is -0.624. The van der Waals surface area contributed by atoms with Crippen LogP contribution in [0.15, 0.2) is 35.4 Å². The fourth-order valence-corrected chi connectivity index (χ4v) is 5.33. The van der Waals surface area contributed by atoms with Crippen molar-refractivity contribution in [3.63, 3.8) is 0 Å². The summed E-state index contributed by atoms with van der Waals surface area (Å²) in [6.45, 7) is 3.15. The molecule has 0 bridgehead atoms. The predicted molar refractivity (Wildman–Crippen MR) is 134 cm³/mol. The number of benzene rings is 2. The predicted octanol–water partition coefficient (Wildman–Crippen LogP) is 7.87. The Balaban J connectivity index is 1.82. The maximum Gasteiger partial charge on any atom is 0.416 e. The fraction of sp³-hybridized carbons (Fsp3) is 0.481. The standard InChI is InChI=1S/C27H29F6N5O2/c1-15(2)40-25(39)37-8-4-7-22(21-11-17-5-3-6-18(17)12-23(21)37)38(24(34)36-35)14-16-9-19(26(28,29)30)13-20(10-16)27(31,32)33/h9-13,15,22,34-35H,3-8,14H2,1-2H3. The molecule has 4 rings (SSSR count). The number of hydrogen-bond donors (Lipinski definition) is 2. The second kappa shape index (κ2) is 11.1. The lowest BCUT2D eigenvalue weighted by molar-refractivity contribution is -0.143. The number of fused-ring (bicyclic) bond motifs is 2. The van der Waals surface area contributed by atoms with E-state index in [2.05, 4.69) is 5.11 Å². The largest absolute Gasteiger partial charge is 0.446 e. The summed E-state index contributed by atoms with van der Waals surface area (Å²) < 4.78 is 86.6. The van der Waals surface area contributed by atoms with Gasteiger partial charge in [0.1, 0.15) is 0 Å². The molecule has 0 saturated carbocycles. The van der Waals surface area contributed by atoms with E-state index in [1.165, 1.54) is 9.80 Å². The minimum Gasteiger partial charge on any atom is -0.446 e. The van der Waals surface area contributed by atoms with Gasteiger partial charge in [0.05, 0.1) is 29.0 Å². The molecule has 216 valence electrons. The number of alkyl halides is 6. The van der Waals surface area contributed by atoms with E-state index in [9.17, 15) is 31.1 Å². The van der Waals surface area contributed by atoms with E-state index in [-0.39, 0.29) is 24.3 Å². The van der Waals surface area contributed by atoms with Crippen molar-refractivity contribution in [1.82, 2.24) is 4.90 Å². The molecule has 1 amide bonds. The first kappa shape index (κ1) is 29.3. The van der Waals surface area contributed by atoms with E-state index in [0.29, 0.717) is 36.2 Å². The Bertz CT molecular complexity index is 1280. The van der Waals surface area contributed by atoms with Gasteiger partial charge in [-0.3, -0.25) is 10.3 Å². The minimum absolute atomic E-state index is 0.0521. The minimum atomic E-state index is -5.03. The first-order valence-electron chi connectivity index (χ1n) is 12.8. The van der Waals surface area contributed by atoms with Crippen molar-refractivity contribution in [3.05, 3.63) is 63.7 Å². The zero-order valence-electron chi connectivity index (χ0n) is 21.9. The Kier molecular flexibility index (Phi) is 8.13. The monoisotopic (exact) mass is 569 g/mol. The molecule has 1 aliphatic heterocycles. The van der Waals surface area contributed by atoms with Gasteiger partial charge in [0, 0.05) is 13.1 Å². The molecule has 7 nitrogen and oxygen atoms in total. The number of rotatable bonds is 4. The van der Waals surface area contributed by atoms with Crippen molar-refractivity contribution < 1.29 is 35.9 Å². The molecule has 0 fully saturated rings. The number of aryl methyl sites for hydroxylation is 2. The van der Waals surface area contributed by atoms with Gasteiger partial charge < -0.3 is 9.64 Å². The maximum absolute atomic E-state index is 13.5. The van der Waals surface area contributed by atoms with E-state index < -0.39 is 48.1 Å². The highest BCUT2D eigenvalue weighted by Crippen LogP contribution is 2.42. The topological polar surface area (TPSA) is 92.8 Å². The summed E-state index contributed by atoms with van der Waals surface area (Å²) in [5, 5.41) is 11.5. The van der Waals surface area contributed by atoms with Gasteiger partial charge in [0.2, 0.25) is 5.96 Å². The van der Waals surface area contributed by atoms with Crippen molar-refractivity contribution >= 4 is 17.7 Å². The van der Waals surface area contributed by atoms with Crippen LogP contribution in [0.2, 0.25) is 0 Å². The van der Waals surface area contributed by atoms with Gasteiger partial charge in [-0.15, -0.1) is 5.11 Å². The molecule has 1 atom stereocenters. The molecule has 0 radical (unpaired) electrons. The molecule has 13 heteroatoms. The molecule has 2 aromatic rings. The van der Waals surface area contributed by atoms with Gasteiger partial charge in [-0.1, -0.05) is 6.07 Å². The summed E-state index contributed by atoms with van der Waals surface area (Å²) in [7, 11) is 0. The van der Waals surface area contributed by atoms with Crippen molar-refractivity contribution in [3.8, 4) is 0 Å². The lowest BCUT2D eigenvalue weighted by Crippen LogP contribution is -2.35. The fourth-order valence-electron chi connectivity index (χ4n) is 5.33. The highest BCUT2D eigenvalue weighted by molar-refractivity contribution is 5.90. The van der Waals surface area contributed by atoms with Crippen molar-refractivity contribution in [2.24, 2.45) is 5.11 Å². The lowest BCUT2D eigenvalue weighted by Gasteiger charge is -2.33. The third-order valence-corrected chi connectivity index (χ3v) is 7.06. The Labute approximate surface area is 227 Å². The number of carbonyl (C=O) groups is 1. The van der Waals surface area contributed by atoms with Crippen LogP contribution in [0.5, 0.6) is 0 Å². The molecule has 1 heterocycles. The number of anilines is 1. The molecule has 0 aromatic heterocycles. The average Bonchev–Trinajstić information content (AvgIpc) is 3.24. The highest BCUT2D eigenvalue weighted by Gasteiger charge is 2.38. The van der Waals surface area contributed by atoms with Crippen molar-refractivity contribution in [2.45, 2.75) is 77.0 Å². The zero-order valence-corrected chi connectivity index (χ0v) is 21.9. The molecule has 0 saturated heterocycles. The van der Waals surface area contributed by atoms with Crippen LogP contribution in [0.3, 0.4) is 0 Å². The summed E-state index contributed by atoms with van der Waals surface area (Å²) >= 11 is 0. The number of nitrogens with one attached hydrogen (secondary N) is 2. The van der Waals surface area contributed by atoms with Crippen molar-refractivity contribution in [2.75, 3.05) is 11.4 Å². The second-order valence-electron chi connectivity index (χ2n) is 10.3. The molecule has 2 aliphatic rings. The molecule has 2 aromatic carbocycles. The first-order chi connectivity index (χ1) is 18.7. The quantitative estimate of drug-likeness (QED) is 0.170. The number of guanidine groups is 1. The summed E-state index contributed by atoms with van der Waals surface area (Å²) in [6, 6.07) is 4.31. The lowest BCUT2D eigenvalue weighted by atomic mass is 9.95. The number of nitrogens with zero attached hydrogens (tertiary/aromatic N) is 3. The van der Waals surface area contributed by atoms with Gasteiger partial charge in [-0.25, -0.2) is 10.3 Å².